The quantitative estimate of drug-likeness (QED) is 0.893. The molecule has 2 fully saturated rings. The van der Waals surface area contributed by atoms with Crippen molar-refractivity contribution < 1.29 is 0 Å². The molecule has 2 aliphatic rings. The normalized spacial score (nSPS) is 28.6. The fourth-order valence-electron chi connectivity index (χ4n) is 3.72. The van der Waals surface area contributed by atoms with Crippen LogP contribution in [0.15, 0.2) is 30.3 Å². The van der Waals surface area contributed by atoms with Crippen molar-refractivity contribution in [3.8, 4) is 0 Å². The van der Waals surface area contributed by atoms with E-state index >= 15 is 0 Å². The van der Waals surface area contributed by atoms with Crippen LogP contribution in [0.3, 0.4) is 0 Å². The van der Waals surface area contributed by atoms with Crippen molar-refractivity contribution >= 4 is 0 Å². The average molecular weight is 258 g/mol. The minimum Gasteiger partial charge on any atom is -0.316 e. The van der Waals surface area contributed by atoms with Gasteiger partial charge in [0, 0.05) is 13.1 Å². The minimum atomic E-state index is 0.933. The van der Waals surface area contributed by atoms with Crippen LogP contribution in [0.5, 0.6) is 0 Å². The van der Waals surface area contributed by atoms with Crippen molar-refractivity contribution in [2.45, 2.75) is 32.2 Å². The van der Waals surface area contributed by atoms with Crippen LogP contribution in [-0.4, -0.2) is 31.1 Å². The number of rotatable bonds is 4. The molecule has 2 heterocycles. The number of nitrogens with one attached hydrogen (secondary N) is 1. The largest absolute Gasteiger partial charge is 0.316 e. The van der Waals surface area contributed by atoms with Crippen molar-refractivity contribution in [3.63, 3.8) is 0 Å². The zero-order valence-electron chi connectivity index (χ0n) is 11.9. The molecule has 2 aliphatic heterocycles. The summed E-state index contributed by atoms with van der Waals surface area (Å²) in [5.41, 5.74) is 1.46. The van der Waals surface area contributed by atoms with E-state index in [1.54, 1.807) is 0 Å². The van der Waals surface area contributed by atoms with Crippen LogP contribution in [0.4, 0.5) is 0 Å². The summed E-state index contributed by atoms with van der Waals surface area (Å²) in [7, 11) is 0. The van der Waals surface area contributed by atoms with E-state index in [0.717, 1.165) is 18.4 Å². The first-order chi connectivity index (χ1) is 9.40. The smallest absolute Gasteiger partial charge is 0.0233 e. The Bertz CT molecular complexity index is 370. The third kappa shape index (κ3) is 3.80. The van der Waals surface area contributed by atoms with Crippen molar-refractivity contribution in [2.75, 3.05) is 26.2 Å². The predicted molar refractivity (Wildman–Crippen MR) is 80.0 cm³/mol. The monoisotopic (exact) mass is 258 g/mol. The SMILES string of the molecule is c1ccc(CN2CCCC(CC3CCNC3)C2)cc1. The Labute approximate surface area is 117 Å². The van der Waals surface area contributed by atoms with Crippen molar-refractivity contribution in [1.82, 2.24) is 10.2 Å². The van der Waals surface area contributed by atoms with Crippen molar-refractivity contribution in [2.24, 2.45) is 11.8 Å². The molecular weight excluding hydrogens is 232 g/mol. The topological polar surface area (TPSA) is 15.3 Å². The number of nitrogens with zero attached hydrogens (tertiary/aromatic N) is 1. The van der Waals surface area contributed by atoms with Crippen molar-refractivity contribution in [3.05, 3.63) is 35.9 Å². The Morgan fingerprint density at radius 1 is 1.11 bits per heavy atom. The van der Waals surface area contributed by atoms with E-state index in [-0.39, 0.29) is 0 Å². The van der Waals surface area contributed by atoms with E-state index in [4.69, 9.17) is 0 Å². The van der Waals surface area contributed by atoms with E-state index < -0.39 is 0 Å². The summed E-state index contributed by atoms with van der Waals surface area (Å²) in [6.07, 6.45) is 5.67. The number of hydrogen-bond acceptors (Lipinski definition) is 2. The van der Waals surface area contributed by atoms with Gasteiger partial charge in [-0.05, 0) is 62.7 Å². The van der Waals surface area contributed by atoms with Gasteiger partial charge in [-0.2, -0.15) is 0 Å². The predicted octanol–water partition coefficient (Wildman–Crippen LogP) is 2.90. The molecule has 0 bridgehead atoms. The Morgan fingerprint density at radius 3 is 2.79 bits per heavy atom. The molecule has 0 radical (unpaired) electrons. The van der Waals surface area contributed by atoms with Gasteiger partial charge in [-0.25, -0.2) is 0 Å². The second-order valence-electron chi connectivity index (χ2n) is 6.32. The number of likely N-dealkylation sites (tertiary alicyclic amines) is 1. The van der Waals surface area contributed by atoms with Crippen molar-refractivity contribution in [1.29, 1.82) is 0 Å². The first-order valence-electron chi connectivity index (χ1n) is 7.87. The fourth-order valence-corrected chi connectivity index (χ4v) is 3.72. The first-order valence-corrected chi connectivity index (χ1v) is 7.87. The summed E-state index contributed by atoms with van der Waals surface area (Å²) in [6, 6.07) is 10.9. The molecule has 0 aromatic heterocycles. The highest BCUT2D eigenvalue weighted by molar-refractivity contribution is 5.14. The second-order valence-corrected chi connectivity index (χ2v) is 6.32. The molecule has 1 N–H and O–H groups in total. The number of benzene rings is 1. The van der Waals surface area contributed by atoms with Gasteiger partial charge in [0.2, 0.25) is 0 Å². The molecule has 0 spiro atoms. The molecule has 2 saturated heterocycles. The maximum atomic E-state index is 3.50. The molecule has 2 nitrogen and oxygen atoms in total. The van der Waals surface area contributed by atoms with Gasteiger partial charge in [0.05, 0.1) is 0 Å². The van der Waals surface area contributed by atoms with Gasteiger partial charge in [0.25, 0.3) is 0 Å². The summed E-state index contributed by atoms with van der Waals surface area (Å²) in [6.45, 7) is 6.24. The summed E-state index contributed by atoms with van der Waals surface area (Å²) < 4.78 is 0. The third-order valence-electron chi connectivity index (χ3n) is 4.68. The van der Waals surface area contributed by atoms with E-state index in [1.165, 1.54) is 57.4 Å². The molecule has 1 aromatic carbocycles. The lowest BCUT2D eigenvalue weighted by Gasteiger charge is -2.34. The second kappa shape index (κ2) is 6.53. The molecular formula is C17H26N2. The summed E-state index contributed by atoms with van der Waals surface area (Å²) >= 11 is 0. The Morgan fingerprint density at radius 2 is 2.00 bits per heavy atom. The van der Waals surface area contributed by atoms with Gasteiger partial charge in [0.15, 0.2) is 0 Å². The van der Waals surface area contributed by atoms with Crippen LogP contribution in [0, 0.1) is 11.8 Å². The van der Waals surface area contributed by atoms with Crippen LogP contribution in [0.1, 0.15) is 31.2 Å². The molecule has 1 aromatic rings. The zero-order valence-corrected chi connectivity index (χ0v) is 11.9. The summed E-state index contributed by atoms with van der Waals surface area (Å²) in [4.78, 5) is 2.66. The standard InChI is InChI=1S/C17H26N2/c1-2-5-15(6-3-1)13-19-10-4-7-17(14-19)11-16-8-9-18-12-16/h1-3,5-6,16-18H,4,7-14H2. The average Bonchev–Trinajstić information content (AvgIpc) is 2.93. The Hall–Kier alpha value is -0.860. The fraction of sp³-hybridized carbons (Fsp3) is 0.647. The van der Waals surface area contributed by atoms with E-state index in [9.17, 15) is 0 Å². The summed E-state index contributed by atoms with van der Waals surface area (Å²) in [5.74, 6) is 1.88. The maximum absolute atomic E-state index is 3.50. The van der Waals surface area contributed by atoms with Crippen LogP contribution >= 0.6 is 0 Å². The lowest BCUT2D eigenvalue weighted by molar-refractivity contribution is 0.151. The van der Waals surface area contributed by atoms with Gasteiger partial charge < -0.3 is 5.32 Å². The van der Waals surface area contributed by atoms with Crippen LogP contribution in [-0.2, 0) is 6.54 Å². The van der Waals surface area contributed by atoms with Gasteiger partial charge in [-0.1, -0.05) is 30.3 Å². The van der Waals surface area contributed by atoms with Gasteiger partial charge in [-0.15, -0.1) is 0 Å². The lowest BCUT2D eigenvalue weighted by atomic mass is 9.87. The van der Waals surface area contributed by atoms with E-state index in [1.807, 2.05) is 0 Å². The number of hydrogen-bond donors (Lipinski definition) is 1. The van der Waals surface area contributed by atoms with Gasteiger partial charge >= 0.3 is 0 Å². The molecule has 0 amide bonds. The molecule has 2 atom stereocenters. The molecule has 3 rings (SSSR count). The minimum absolute atomic E-state index is 0.933. The maximum Gasteiger partial charge on any atom is 0.0233 e. The zero-order chi connectivity index (χ0) is 12.9. The van der Waals surface area contributed by atoms with E-state index in [0.29, 0.717) is 0 Å². The highest BCUT2D eigenvalue weighted by Crippen LogP contribution is 2.26. The highest BCUT2D eigenvalue weighted by Gasteiger charge is 2.24. The van der Waals surface area contributed by atoms with Crippen LogP contribution < -0.4 is 5.32 Å². The molecule has 2 unspecified atom stereocenters. The lowest BCUT2D eigenvalue weighted by Crippen LogP contribution is -2.35. The number of piperidine rings is 1. The molecule has 2 heteroatoms. The van der Waals surface area contributed by atoms with Crippen LogP contribution in [0.25, 0.3) is 0 Å². The Kier molecular flexibility index (Phi) is 4.52. The molecule has 0 aliphatic carbocycles. The highest BCUT2D eigenvalue weighted by atomic mass is 15.1. The first kappa shape index (κ1) is 13.1. The van der Waals surface area contributed by atoms with E-state index in [2.05, 4.69) is 40.5 Å². The molecule has 104 valence electrons. The van der Waals surface area contributed by atoms with Crippen LogP contribution in [0.2, 0.25) is 0 Å². The third-order valence-corrected chi connectivity index (χ3v) is 4.68. The summed E-state index contributed by atoms with van der Waals surface area (Å²) in [5, 5.41) is 3.50. The molecule has 0 saturated carbocycles. The van der Waals surface area contributed by atoms with Gasteiger partial charge in [-0.3, -0.25) is 4.90 Å². The molecule has 19 heavy (non-hydrogen) atoms. The Balaban J connectivity index is 1.50. The van der Waals surface area contributed by atoms with Gasteiger partial charge in [0.1, 0.15) is 0 Å².